The number of anilines is 1. The number of benzene rings is 1. The smallest absolute Gasteiger partial charge is 0.267 e. The lowest BCUT2D eigenvalue weighted by Gasteiger charge is -2.28. The van der Waals surface area contributed by atoms with Crippen LogP contribution >= 0.6 is 27.3 Å². The molecule has 1 N–H and O–H groups in total. The van der Waals surface area contributed by atoms with E-state index in [0.29, 0.717) is 9.99 Å². The van der Waals surface area contributed by atoms with E-state index in [-0.39, 0.29) is 9.77 Å². The summed E-state index contributed by atoms with van der Waals surface area (Å²) >= 11 is 4.38. The number of sulfonamides is 1. The van der Waals surface area contributed by atoms with E-state index in [0.717, 1.165) is 22.9 Å². The zero-order chi connectivity index (χ0) is 16.8. The lowest BCUT2D eigenvalue weighted by atomic mass is 10.1. The van der Waals surface area contributed by atoms with Crippen LogP contribution in [0.1, 0.15) is 10.8 Å². The van der Waals surface area contributed by atoms with Gasteiger partial charge in [0, 0.05) is 22.1 Å². The summed E-state index contributed by atoms with van der Waals surface area (Å²) in [5.74, 6) is -2.47. The van der Waals surface area contributed by atoms with Crippen LogP contribution in [0.3, 0.4) is 0 Å². The van der Waals surface area contributed by atoms with Crippen LogP contribution in [0.4, 0.5) is 5.69 Å². The van der Waals surface area contributed by atoms with Crippen molar-refractivity contribution in [1.82, 2.24) is 4.31 Å². The predicted octanol–water partition coefficient (Wildman–Crippen LogP) is 2.39. The van der Waals surface area contributed by atoms with Crippen LogP contribution in [0.25, 0.3) is 0 Å². The molecule has 1 aromatic heterocycles. The number of rotatable bonds is 2. The maximum Gasteiger partial charge on any atom is 0.267 e. The first-order valence-electron chi connectivity index (χ1n) is 6.49. The molecule has 1 aromatic carbocycles. The molecule has 3 rings (SSSR count). The summed E-state index contributed by atoms with van der Waals surface area (Å²) in [5, 5.41) is 4.22. The van der Waals surface area contributed by atoms with Crippen LogP contribution in [-0.4, -0.2) is 31.6 Å². The highest BCUT2D eigenvalue weighted by Gasteiger charge is 2.45. The first kappa shape index (κ1) is 16.2. The Morgan fingerprint density at radius 3 is 2.57 bits per heavy atom. The van der Waals surface area contributed by atoms with E-state index < -0.39 is 27.8 Å². The Morgan fingerprint density at radius 2 is 1.91 bits per heavy atom. The fraction of sp³-hybridized carbons (Fsp3) is 0.143. The molecule has 0 fully saturated rings. The van der Waals surface area contributed by atoms with Gasteiger partial charge in [0.1, 0.15) is 4.90 Å². The van der Waals surface area contributed by atoms with Crippen molar-refractivity contribution < 1.29 is 18.0 Å². The first-order chi connectivity index (χ1) is 10.8. The molecule has 0 bridgehead atoms. The van der Waals surface area contributed by atoms with Crippen LogP contribution in [0.15, 0.2) is 45.1 Å². The summed E-state index contributed by atoms with van der Waals surface area (Å²) < 4.78 is 25.9. The summed E-state index contributed by atoms with van der Waals surface area (Å²) in [6.07, 6.45) is 0. The molecule has 0 saturated heterocycles. The van der Waals surface area contributed by atoms with Crippen molar-refractivity contribution >= 4 is 54.8 Å². The minimum Gasteiger partial charge on any atom is -0.325 e. The van der Waals surface area contributed by atoms with Crippen molar-refractivity contribution in [3.05, 3.63) is 45.1 Å². The monoisotopic (exact) mass is 414 g/mol. The van der Waals surface area contributed by atoms with Crippen LogP contribution in [-0.2, 0) is 19.6 Å². The molecule has 120 valence electrons. The molecule has 0 radical (unpaired) electrons. The molecule has 6 nitrogen and oxygen atoms in total. The third-order valence-electron chi connectivity index (χ3n) is 3.49. The molecule has 1 aliphatic heterocycles. The second-order valence-corrected chi connectivity index (χ2v) is 8.69. The maximum absolute atomic E-state index is 12.5. The van der Waals surface area contributed by atoms with Crippen molar-refractivity contribution in [3.63, 3.8) is 0 Å². The van der Waals surface area contributed by atoms with Gasteiger partial charge in [-0.3, -0.25) is 9.59 Å². The largest absolute Gasteiger partial charge is 0.325 e. The molecule has 2 heterocycles. The number of thiophene rings is 1. The Kier molecular flexibility index (Phi) is 4.03. The van der Waals surface area contributed by atoms with Crippen molar-refractivity contribution in [2.75, 3.05) is 12.4 Å². The van der Waals surface area contributed by atoms with Gasteiger partial charge in [0.05, 0.1) is 0 Å². The highest BCUT2D eigenvalue weighted by molar-refractivity contribution is 9.10. The third-order valence-corrected chi connectivity index (χ3v) is 6.94. The Labute approximate surface area is 145 Å². The summed E-state index contributed by atoms with van der Waals surface area (Å²) in [6.45, 7) is 0. The molecule has 2 amide bonds. The lowest BCUT2D eigenvalue weighted by molar-refractivity contribution is -0.132. The number of fused-ring (bicyclic) bond motifs is 1. The minimum absolute atomic E-state index is 0.0144. The second-order valence-electron chi connectivity index (χ2n) is 4.89. The van der Waals surface area contributed by atoms with E-state index in [9.17, 15) is 18.0 Å². The number of amides is 2. The predicted molar refractivity (Wildman–Crippen MR) is 89.8 cm³/mol. The normalized spacial score (nSPS) is 19.3. The van der Waals surface area contributed by atoms with E-state index in [2.05, 4.69) is 21.2 Å². The van der Waals surface area contributed by atoms with Crippen LogP contribution < -0.4 is 5.32 Å². The number of carbonyl (C=O) groups excluding carboxylic acids is 2. The number of nitrogens with zero attached hydrogens (tertiary/aromatic N) is 1. The van der Waals surface area contributed by atoms with Gasteiger partial charge in [0.25, 0.3) is 15.9 Å². The molecule has 9 heteroatoms. The van der Waals surface area contributed by atoms with Crippen molar-refractivity contribution in [1.29, 1.82) is 0 Å². The van der Waals surface area contributed by atoms with Gasteiger partial charge in [-0.2, -0.15) is 0 Å². The minimum atomic E-state index is -3.86. The number of nitrogens with one attached hydrogen (secondary N) is 1. The van der Waals surface area contributed by atoms with Crippen molar-refractivity contribution in [3.8, 4) is 0 Å². The van der Waals surface area contributed by atoms with Crippen molar-refractivity contribution in [2.24, 2.45) is 0 Å². The zero-order valence-corrected chi connectivity index (χ0v) is 15.0. The molecule has 1 atom stereocenters. The SMILES string of the molecule is CN1C(=O)C(C(=O)Nc2ccc(Br)cc2)c2sccc2S1(=O)=O. The van der Waals surface area contributed by atoms with Crippen molar-refractivity contribution in [2.45, 2.75) is 10.8 Å². The topological polar surface area (TPSA) is 83.6 Å². The van der Waals surface area contributed by atoms with E-state index in [4.69, 9.17) is 0 Å². The highest BCUT2D eigenvalue weighted by Crippen LogP contribution is 2.38. The summed E-state index contributed by atoms with van der Waals surface area (Å²) in [4.78, 5) is 25.2. The molecular weight excluding hydrogens is 404 g/mol. The van der Waals surface area contributed by atoms with E-state index >= 15 is 0 Å². The Balaban J connectivity index is 1.97. The molecule has 2 aromatic rings. The quantitative estimate of drug-likeness (QED) is 0.764. The fourth-order valence-corrected chi connectivity index (χ4v) is 5.21. The second kappa shape index (κ2) is 5.73. The first-order valence-corrected chi connectivity index (χ1v) is 9.60. The van der Waals surface area contributed by atoms with E-state index in [1.54, 1.807) is 29.6 Å². The van der Waals surface area contributed by atoms with Gasteiger partial charge in [0.2, 0.25) is 5.91 Å². The van der Waals surface area contributed by atoms with Gasteiger partial charge in [-0.25, -0.2) is 12.7 Å². The summed E-state index contributed by atoms with van der Waals surface area (Å²) in [5.41, 5.74) is 0.528. The average Bonchev–Trinajstić information content (AvgIpc) is 2.98. The summed E-state index contributed by atoms with van der Waals surface area (Å²) in [7, 11) is -2.70. The maximum atomic E-state index is 12.5. The van der Waals surface area contributed by atoms with Gasteiger partial charge >= 0.3 is 0 Å². The number of hydrogen-bond donors (Lipinski definition) is 1. The van der Waals surface area contributed by atoms with Crippen LogP contribution in [0.5, 0.6) is 0 Å². The van der Waals surface area contributed by atoms with Gasteiger partial charge in [-0.15, -0.1) is 11.3 Å². The zero-order valence-electron chi connectivity index (χ0n) is 11.8. The Hall–Kier alpha value is -1.71. The summed E-state index contributed by atoms with van der Waals surface area (Å²) in [6, 6.07) is 8.30. The van der Waals surface area contributed by atoms with Crippen LogP contribution in [0, 0.1) is 0 Å². The fourth-order valence-electron chi connectivity index (χ4n) is 2.27. The van der Waals surface area contributed by atoms with Gasteiger partial charge in [-0.05, 0) is 35.7 Å². The Morgan fingerprint density at radius 1 is 1.26 bits per heavy atom. The Bertz CT molecular complexity index is 890. The molecule has 0 aliphatic carbocycles. The van der Waals surface area contributed by atoms with E-state index in [1.807, 2.05) is 0 Å². The molecular formula is C14H11BrN2O4S2. The van der Waals surface area contributed by atoms with E-state index in [1.165, 1.54) is 6.07 Å². The van der Waals surface area contributed by atoms with Crippen LogP contribution in [0.2, 0.25) is 0 Å². The molecule has 1 aliphatic rings. The highest BCUT2D eigenvalue weighted by atomic mass is 79.9. The average molecular weight is 415 g/mol. The molecule has 23 heavy (non-hydrogen) atoms. The van der Waals surface area contributed by atoms with Gasteiger partial charge < -0.3 is 5.32 Å². The third kappa shape index (κ3) is 2.68. The molecule has 1 unspecified atom stereocenters. The number of carbonyl (C=O) groups is 2. The lowest BCUT2D eigenvalue weighted by Crippen LogP contribution is -2.45. The number of likely N-dealkylation sites (N-methyl/N-ethyl adjacent to an activating group) is 1. The number of halogens is 1. The van der Waals surface area contributed by atoms with Gasteiger partial charge in [0.15, 0.2) is 5.92 Å². The molecule has 0 spiro atoms. The molecule has 0 saturated carbocycles. The standard InChI is InChI=1S/C14H11BrN2O4S2/c1-17-14(19)11(12-10(6-7-22-12)23(17,20)21)13(18)16-9-4-2-8(15)3-5-9/h2-7,11H,1H3,(H,16,18). The van der Waals surface area contributed by atoms with Gasteiger partial charge in [-0.1, -0.05) is 15.9 Å². The number of hydrogen-bond acceptors (Lipinski definition) is 5.